The number of ether oxygens (including phenoxy) is 1. The third-order valence-corrected chi connectivity index (χ3v) is 5.27. The van der Waals surface area contributed by atoms with Crippen LogP contribution in [0.5, 0.6) is 5.75 Å². The van der Waals surface area contributed by atoms with Crippen molar-refractivity contribution in [2.75, 3.05) is 13.1 Å². The topological polar surface area (TPSA) is 67.6 Å². The lowest BCUT2D eigenvalue weighted by Gasteiger charge is -2.36. The Balaban J connectivity index is 1.60. The lowest BCUT2D eigenvalue weighted by Crippen LogP contribution is -2.55. The van der Waals surface area contributed by atoms with Crippen LogP contribution in [0, 0.1) is 6.92 Å². The van der Waals surface area contributed by atoms with Crippen molar-refractivity contribution in [3.05, 3.63) is 57.8 Å². The van der Waals surface area contributed by atoms with Gasteiger partial charge in [0.15, 0.2) is 0 Å². The fraction of sp³-hybridized carbons (Fsp3) is 0.263. The summed E-state index contributed by atoms with van der Waals surface area (Å²) in [5.74, 6) is 1.55. The van der Waals surface area contributed by atoms with Crippen LogP contribution in [-0.2, 0) is 6.54 Å². The summed E-state index contributed by atoms with van der Waals surface area (Å²) in [5.41, 5.74) is 2.70. The van der Waals surface area contributed by atoms with Gasteiger partial charge in [-0.25, -0.2) is 9.78 Å². The summed E-state index contributed by atoms with van der Waals surface area (Å²) >= 11 is 12.4. The van der Waals surface area contributed by atoms with E-state index in [1.165, 1.54) is 4.90 Å². The van der Waals surface area contributed by atoms with Gasteiger partial charge in [-0.1, -0.05) is 23.2 Å². The molecule has 8 heteroatoms. The Morgan fingerprint density at radius 3 is 2.78 bits per heavy atom. The van der Waals surface area contributed by atoms with Crippen molar-refractivity contribution in [3.63, 3.8) is 0 Å². The largest absolute Gasteiger partial charge is 0.487 e. The molecular formula is C19H17Cl2N3O3. The van der Waals surface area contributed by atoms with Crippen LogP contribution >= 0.6 is 23.2 Å². The van der Waals surface area contributed by atoms with E-state index in [4.69, 9.17) is 33.0 Å². The summed E-state index contributed by atoms with van der Waals surface area (Å²) in [7, 11) is 0. The highest BCUT2D eigenvalue weighted by Gasteiger charge is 2.32. The van der Waals surface area contributed by atoms with Crippen LogP contribution in [0.3, 0.4) is 0 Å². The molecule has 0 unspecified atom stereocenters. The molecule has 1 aliphatic rings. The molecule has 0 spiro atoms. The molecular weight excluding hydrogens is 389 g/mol. The molecule has 4 rings (SSSR count). The Morgan fingerprint density at radius 1 is 1.26 bits per heavy atom. The predicted octanol–water partition coefficient (Wildman–Crippen LogP) is 4.44. The lowest BCUT2D eigenvalue weighted by molar-refractivity contribution is 0.0253. The maximum Gasteiger partial charge on any atom is 0.407 e. The maximum absolute atomic E-state index is 10.9. The van der Waals surface area contributed by atoms with Gasteiger partial charge < -0.3 is 19.3 Å². The van der Waals surface area contributed by atoms with E-state index in [2.05, 4.69) is 9.55 Å². The number of fused-ring (bicyclic) bond motifs is 1. The first-order valence-electron chi connectivity index (χ1n) is 8.46. The quantitative estimate of drug-likeness (QED) is 0.696. The summed E-state index contributed by atoms with van der Waals surface area (Å²) in [6, 6.07) is 11.1. The van der Waals surface area contributed by atoms with E-state index >= 15 is 0 Å². The van der Waals surface area contributed by atoms with Gasteiger partial charge in [0, 0.05) is 16.1 Å². The number of likely N-dealkylation sites (tertiary alicyclic amines) is 1. The average molecular weight is 406 g/mol. The Hall–Kier alpha value is -2.44. The number of aryl methyl sites for hydroxylation is 1. The highest BCUT2D eigenvalue weighted by atomic mass is 35.5. The Kier molecular flexibility index (Phi) is 4.61. The molecule has 2 aromatic carbocycles. The molecule has 0 radical (unpaired) electrons. The number of carbonyl (C=O) groups is 1. The number of carboxylic acid groups (broad SMARTS) is 1. The summed E-state index contributed by atoms with van der Waals surface area (Å²) < 4.78 is 7.96. The number of amides is 1. The fourth-order valence-electron chi connectivity index (χ4n) is 3.19. The van der Waals surface area contributed by atoms with Gasteiger partial charge >= 0.3 is 6.09 Å². The first kappa shape index (κ1) is 17.9. The predicted molar refractivity (Wildman–Crippen MR) is 104 cm³/mol. The number of benzene rings is 2. The molecule has 3 aromatic rings. The van der Waals surface area contributed by atoms with Gasteiger partial charge in [-0.05, 0) is 42.8 Å². The molecule has 0 saturated carbocycles. The molecule has 1 N–H and O–H groups in total. The number of hydrogen-bond donors (Lipinski definition) is 1. The highest BCUT2D eigenvalue weighted by Crippen LogP contribution is 2.27. The molecule has 0 atom stereocenters. The minimum Gasteiger partial charge on any atom is -0.487 e. The monoisotopic (exact) mass is 405 g/mol. The number of rotatable bonds is 4. The SMILES string of the molecule is Cc1nc2ccc(OC3CN(C(=O)O)C3)cc2n1Cc1cc(Cl)ccc1Cl. The van der Waals surface area contributed by atoms with E-state index in [-0.39, 0.29) is 6.10 Å². The highest BCUT2D eigenvalue weighted by molar-refractivity contribution is 6.33. The average Bonchev–Trinajstić information content (AvgIpc) is 2.89. The van der Waals surface area contributed by atoms with E-state index < -0.39 is 6.09 Å². The summed E-state index contributed by atoms with van der Waals surface area (Å²) in [4.78, 5) is 16.8. The molecule has 140 valence electrons. The fourth-order valence-corrected chi connectivity index (χ4v) is 3.56. The number of aromatic nitrogens is 2. The van der Waals surface area contributed by atoms with Crippen molar-refractivity contribution in [3.8, 4) is 5.75 Å². The standard InChI is InChI=1S/C19H17Cl2N3O3/c1-11-22-17-5-3-14(27-15-9-23(10-15)19(25)26)7-18(17)24(11)8-12-6-13(20)2-4-16(12)21/h2-7,15H,8-10H2,1H3,(H,25,26). The van der Waals surface area contributed by atoms with Crippen LogP contribution in [0.4, 0.5) is 4.79 Å². The molecule has 1 amide bonds. The van der Waals surface area contributed by atoms with Crippen molar-refractivity contribution in [1.82, 2.24) is 14.5 Å². The molecule has 1 aromatic heterocycles. The van der Waals surface area contributed by atoms with Crippen LogP contribution < -0.4 is 4.74 Å². The second kappa shape index (κ2) is 6.94. The third-order valence-electron chi connectivity index (χ3n) is 4.67. The summed E-state index contributed by atoms with van der Waals surface area (Å²) in [5, 5.41) is 10.2. The molecule has 27 heavy (non-hydrogen) atoms. The summed E-state index contributed by atoms with van der Waals surface area (Å²) in [6.45, 7) is 3.24. The van der Waals surface area contributed by atoms with Crippen molar-refractivity contribution in [2.24, 2.45) is 0 Å². The second-order valence-corrected chi connectivity index (χ2v) is 7.40. The molecule has 0 aliphatic carbocycles. The van der Waals surface area contributed by atoms with Crippen LogP contribution in [0.15, 0.2) is 36.4 Å². The van der Waals surface area contributed by atoms with E-state index in [0.717, 1.165) is 22.4 Å². The molecule has 1 fully saturated rings. The van der Waals surface area contributed by atoms with Gasteiger partial charge in [-0.15, -0.1) is 0 Å². The second-order valence-electron chi connectivity index (χ2n) is 6.56. The Morgan fingerprint density at radius 2 is 2.04 bits per heavy atom. The van der Waals surface area contributed by atoms with Crippen molar-refractivity contribution in [2.45, 2.75) is 19.6 Å². The van der Waals surface area contributed by atoms with Crippen LogP contribution in [0.25, 0.3) is 11.0 Å². The van der Waals surface area contributed by atoms with Gasteiger partial charge in [0.1, 0.15) is 17.7 Å². The number of halogens is 2. The zero-order chi connectivity index (χ0) is 19.1. The molecule has 2 heterocycles. The first-order chi connectivity index (χ1) is 12.9. The Bertz CT molecular complexity index is 1030. The minimum atomic E-state index is -0.919. The van der Waals surface area contributed by atoms with Gasteiger partial charge in [-0.3, -0.25) is 0 Å². The zero-order valence-corrected chi connectivity index (χ0v) is 16.0. The zero-order valence-electron chi connectivity index (χ0n) is 14.5. The third kappa shape index (κ3) is 3.55. The molecule has 1 saturated heterocycles. The van der Waals surface area contributed by atoms with Gasteiger partial charge in [0.05, 0.1) is 30.7 Å². The van der Waals surface area contributed by atoms with Gasteiger partial charge in [-0.2, -0.15) is 0 Å². The van der Waals surface area contributed by atoms with Crippen LogP contribution in [-0.4, -0.2) is 44.8 Å². The van der Waals surface area contributed by atoms with E-state index in [0.29, 0.717) is 35.4 Å². The maximum atomic E-state index is 10.9. The normalized spacial score (nSPS) is 14.4. The number of nitrogens with zero attached hydrogens (tertiary/aromatic N) is 3. The number of imidazole rings is 1. The smallest absolute Gasteiger partial charge is 0.407 e. The molecule has 0 bridgehead atoms. The Labute approximate surface area is 165 Å². The first-order valence-corrected chi connectivity index (χ1v) is 9.21. The lowest BCUT2D eigenvalue weighted by atomic mass is 10.2. The number of hydrogen-bond acceptors (Lipinski definition) is 3. The summed E-state index contributed by atoms with van der Waals surface area (Å²) in [6.07, 6.45) is -1.05. The van der Waals surface area contributed by atoms with Crippen LogP contribution in [0.2, 0.25) is 10.0 Å². The van der Waals surface area contributed by atoms with Gasteiger partial charge in [0.2, 0.25) is 0 Å². The van der Waals surface area contributed by atoms with E-state index in [9.17, 15) is 4.79 Å². The van der Waals surface area contributed by atoms with Crippen molar-refractivity contribution < 1.29 is 14.6 Å². The van der Waals surface area contributed by atoms with Crippen molar-refractivity contribution in [1.29, 1.82) is 0 Å². The van der Waals surface area contributed by atoms with Gasteiger partial charge in [0.25, 0.3) is 0 Å². The van der Waals surface area contributed by atoms with E-state index in [1.807, 2.05) is 31.2 Å². The van der Waals surface area contributed by atoms with E-state index in [1.54, 1.807) is 12.1 Å². The molecule has 1 aliphatic heterocycles. The molecule has 6 nitrogen and oxygen atoms in total. The van der Waals surface area contributed by atoms with Crippen LogP contribution in [0.1, 0.15) is 11.4 Å². The van der Waals surface area contributed by atoms with Crippen molar-refractivity contribution >= 4 is 40.3 Å². The minimum absolute atomic E-state index is 0.126.